The average Bonchev–Trinajstić information content (AvgIpc) is 2.37. The number of hydrogen-bond acceptors (Lipinski definition) is 2. The molecule has 0 aliphatic heterocycles. The Kier molecular flexibility index (Phi) is 4.22. The van der Waals surface area contributed by atoms with Gasteiger partial charge in [0.15, 0.2) is 0 Å². The number of hydrogen-bond donors (Lipinski definition) is 1. The lowest BCUT2D eigenvalue weighted by Crippen LogP contribution is -2.13. The van der Waals surface area contributed by atoms with Gasteiger partial charge in [0.25, 0.3) is 5.91 Å². The Morgan fingerprint density at radius 3 is 2.79 bits per heavy atom. The fourth-order valence-electron chi connectivity index (χ4n) is 1.68. The molecule has 0 spiro atoms. The molecule has 98 valence electrons. The van der Waals surface area contributed by atoms with Gasteiger partial charge in [0.2, 0.25) is 0 Å². The van der Waals surface area contributed by atoms with E-state index in [-0.39, 0.29) is 5.91 Å². The number of nitrogens with one attached hydrogen (secondary N) is 1. The number of rotatable bonds is 2. The number of anilines is 1. The van der Waals surface area contributed by atoms with Crippen LogP contribution in [0, 0.1) is 13.8 Å². The van der Waals surface area contributed by atoms with Crippen LogP contribution in [-0.2, 0) is 0 Å². The van der Waals surface area contributed by atoms with Crippen molar-refractivity contribution in [3.63, 3.8) is 0 Å². The molecule has 1 aromatic carbocycles. The number of aromatic nitrogens is 1. The quantitative estimate of drug-likeness (QED) is 0.826. The van der Waals surface area contributed by atoms with Crippen LogP contribution in [-0.4, -0.2) is 10.9 Å². The first-order chi connectivity index (χ1) is 8.99. The van der Waals surface area contributed by atoms with Gasteiger partial charge in [0.05, 0.1) is 11.9 Å². The molecule has 1 N–H and O–H groups in total. The van der Waals surface area contributed by atoms with Crippen molar-refractivity contribution in [3.05, 3.63) is 56.8 Å². The van der Waals surface area contributed by atoms with Gasteiger partial charge in [-0.05, 0) is 59.1 Å². The molecule has 1 aromatic heterocycles. The van der Waals surface area contributed by atoms with E-state index in [4.69, 9.17) is 11.6 Å². The van der Waals surface area contributed by atoms with Crippen molar-refractivity contribution in [1.82, 2.24) is 4.98 Å². The van der Waals surface area contributed by atoms with E-state index in [9.17, 15) is 4.79 Å². The molecule has 3 nitrogen and oxygen atoms in total. The molecule has 1 amide bonds. The molecule has 0 aliphatic rings. The summed E-state index contributed by atoms with van der Waals surface area (Å²) in [7, 11) is 0. The molecule has 0 radical (unpaired) electrons. The Morgan fingerprint density at radius 2 is 2.11 bits per heavy atom. The van der Waals surface area contributed by atoms with Gasteiger partial charge in [-0.2, -0.15) is 0 Å². The summed E-state index contributed by atoms with van der Waals surface area (Å²) in [6.07, 6.45) is 1.61. The third kappa shape index (κ3) is 3.14. The van der Waals surface area contributed by atoms with Crippen LogP contribution < -0.4 is 5.32 Å². The second-order valence-electron chi connectivity index (χ2n) is 4.20. The molecule has 0 saturated heterocycles. The lowest BCUT2D eigenvalue weighted by atomic mass is 10.1. The van der Waals surface area contributed by atoms with Gasteiger partial charge in [0.1, 0.15) is 4.60 Å². The SMILES string of the molecule is Cc1cc(NC(=O)c2cccc(Cl)c2C)cnc1Br. The second-order valence-corrected chi connectivity index (χ2v) is 5.36. The maximum absolute atomic E-state index is 12.2. The Labute approximate surface area is 125 Å². The van der Waals surface area contributed by atoms with Crippen molar-refractivity contribution >= 4 is 39.1 Å². The first-order valence-corrected chi connectivity index (χ1v) is 6.84. The third-order valence-corrected chi connectivity index (χ3v) is 4.02. The molecular formula is C14H12BrClN2O. The largest absolute Gasteiger partial charge is 0.321 e. The van der Waals surface area contributed by atoms with E-state index >= 15 is 0 Å². The Bertz CT molecular complexity index is 643. The molecule has 19 heavy (non-hydrogen) atoms. The van der Waals surface area contributed by atoms with Gasteiger partial charge < -0.3 is 5.32 Å². The minimum absolute atomic E-state index is 0.191. The number of aryl methyl sites for hydroxylation is 1. The van der Waals surface area contributed by atoms with Crippen LogP contribution in [0.5, 0.6) is 0 Å². The molecule has 2 rings (SSSR count). The average molecular weight is 340 g/mol. The normalized spacial score (nSPS) is 10.3. The predicted molar refractivity (Wildman–Crippen MR) is 80.8 cm³/mol. The summed E-state index contributed by atoms with van der Waals surface area (Å²) in [6.45, 7) is 3.74. The Morgan fingerprint density at radius 1 is 1.37 bits per heavy atom. The van der Waals surface area contributed by atoms with Crippen molar-refractivity contribution in [2.24, 2.45) is 0 Å². The van der Waals surface area contributed by atoms with Crippen LogP contribution >= 0.6 is 27.5 Å². The van der Waals surface area contributed by atoms with Crippen LogP contribution in [0.3, 0.4) is 0 Å². The smallest absolute Gasteiger partial charge is 0.256 e. The number of carbonyl (C=O) groups is 1. The van der Waals surface area contributed by atoms with Crippen molar-refractivity contribution in [2.75, 3.05) is 5.32 Å². The highest BCUT2D eigenvalue weighted by molar-refractivity contribution is 9.10. The second kappa shape index (κ2) is 5.72. The van der Waals surface area contributed by atoms with Crippen molar-refractivity contribution in [1.29, 1.82) is 0 Å². The fraction of sp³-hybridized carbons (Fsp3) is 0.143. The number of carbonyl (C=O) groups excluding carboxylic acids is 1. The van der Waals surface area contributed by atoms with Gasteiger partial charge in [-0.15, -0.1) is 0 Å². The topological polar surface area (TPSA) is 42.0 Å². The zero-order valence-electron chi connectivity index (χ0n) is 10.5. The molecule has 0 atom stereocenters. The zero-order valence-corrected chi connectivity index (χ0v) is 12.8. The van der Waals surface area contributed by atoms with E-state index in [2.05, 4.69) is 26.2 Å². The highest BCUT2D eigenvalue weighted by Crippen LogP contribution is 2.21. The summed E-state index contributed by atoms with van der Waals surface area (Å²) in [5, 5.41) is 3.39. The summed E-state index contributed by atoms with van der Waals surface area (Å²) >= 11 is 9.33. The summed E-state index contributed by atoms with van der Waals surface area (Å²) in [4.78, 5) is 16.3. The maximum atomic E-state index is 12.2. The van der Waals surface area contributed by atoms with Gasteiger partial charge in [-0.3, -0.25) is 4.79 Å². The number of amides is 1. The molecule has 5 heteroatoms. The Hall–Kier alpha value is -1.39. The standard InChI is InChI=1S/C14H12BrClN2O/c1-8-6-10(7-17-13(8)15)18-14(19)11-4-3-5-12(16)9(11)2/h3-7H,1-2H3,(H,18,19). The van der Waals surface area contributed by atoms with Crippen molar-refractivity contribution < 1.29 is 4.79 Å². The highest BCUT2D eigenvalue weighted by Gasteiger charge is 2.11. The van der Waals surface area contributed by atoms with Crippen molar-refractivity contribution in [2.45, 2.75) is 13.8 Å². The fourth-order valence-corrected chi connectivity index (χ4v) is 2.07. The van der Waals surface area contributed by atoms with E-state index in [1.165, 1.54) is 0 Å². The molecule has 0 unspecified atom stereocenters. The van der Waals surface area contributed by atoms with E-state index < -0.39 is 0 Å². The van der Waals surface area contributed by atoms with Crippen LogP contribution in [0.25, 0.3) is 0 Å². The van der Waals surface area contributed by atoms with E-state index in [0.717, 1.165) is 15.7 Å². The third-order valence-electron chi connectivity index (χ3n) is 2.78. The van der Waals surface area contributed by atoms with Crippen LogP contribution in [0.4, 0.5) is 5.69 Å². The maximum Gasteiger partial charge on any atom is 0.256 e. The predicted octanol–water partition coefficient (Wildman–Crippen LogP) is 4.37. The lowest BCUT2D eigenvalue weighted by molar-refractivity contribution is 0.102. The molecular weight excluding hydrogens is 328 g/mol. The molecule has 0 fully saturated rings. The van der Waals surface area contributed by atoms with Crippen LogP contribution in [0.15, 0.2) is 35.1 Å². The summed E-state index contributed by atoms with van der Waals surface area (Å²) in [6, 6.07) is 7.12. The lowest BCUT2D eigenvalue weighted by Gasteiger charge is -2.09. The minimum Gasteiger partial charge on any atom is -0.321 e. The molecule has 1 heterocycles. The number of nitrogens with zero attached hydrogens (tertiary/aromatic N) is 1. The first-order valence-electron chi connectivity index (χ1n) is 5.67. The Balaban J connectivity index is 2.26. The first kappa shape index (κ1) is 14.0. The molecule has 0 aliphatic carbocycles. The van der Waals surface area contributed by atoms with Crippen molar-refractivity contribution in [3.8, 4) is 0 Å². The van der Waals surface area contributed by atoms with E-state index in [0.29, 0.717) is 16.3 Å². The summed E-state index contributed by atoms with van der Waals surface area (Å²) in [5.74, 6) is -0.191. The van der Waals surface area contributed by atoms with E-state index in [1.54, 1.807) is 24.4 Å². The summed E-state index contributed by atoms with van der Waals surface area (Å²) in [5.41, 5.74) is 2.95. The minimum atomic E-state index is -0.191. The zero-order chi connectivity index (χ0) is 14.0. The van der Waals surface area contributed by atoms with Crippen LogP contribution in [0.2, 0.25) is 5.02 Å². The van der Waals surface area contributed by atoms with Gasteiger partial charge >= 0.3 is 0 Å². The van der Waals surface area contributed by atoms with Gasteiger partial charge in [-0.1, -0.05) is 17.7 Å². The van der Waals surface area contributed by atoms with Crippen LogP contribution in [0.1, 0.15) is 21.5 Å². The molecule has 0 saturated carbocycles. The number of benzene rings is 1. The number of halogens is 2. The highest BCUT2D eigenvalue weighted by atomic mass is 79.9. The van der Waals surface area contributed by atoms with Gasteiger partial charge in [0, 0.05) is 10.6 Å². The van der Waals surface area contributed by atoms with Gasteiger partial charge in [-0.25, -0.2) is 4.98 Å². The number of pyridine rings is 1. The summed E-state index contributed by atoms with van der Waals surface area (Å²) < 4.78 is 0.768. The molecule has 2 aromatic rings. The molecule has 0 bridgehead atoms. The van der Waals surface area contributed by atoms with E-state index in [1.807, 2.05) is 19.9 Å². The monoisotopic (exact) mass is 338 g/mol.